The van der Waals surface area contributed by atoms with Crippen LogP contribution in [0.5, 0.6) is 0 Å². The lowest BCUT2D eigenvalue weighted by Crippen LogP contribution is -2.47. The molecule has 2 aliphatic heterocycles. The summed E-state index contributed by atoms with van der Waals surface area (Å²) in [5, 5.41) is 3.20. The minimum Gasteiger partial charge on any atom is -0.343 e. The Hall–Kier alpha value is -1.44. The largest absolute Gasteiger partial charge is 0.343 e. The van der Waals surface area contributed by atoms with Crippen LogP contribution in [0.25, 0.3) is 0 Å². The summed E-state index contributed by atoms with van der Waals surface area (Å²) in [7, 11) is 0. The Morgan fingerprint density at radius 3 is 2.52 bits per heavy atom. The number of benzene rings is 1. The zero-order valence-corrected chi connectivity index (χ0v) is 16.2. The first-order valence-electron chi connectivity index (χ1n) is 8.88. The Morgan fingerprint density at radius 1 is 1.15 bits per heavy atom. The zero-order chi connectivity index (χ0) is 19.6. The third-order valence-electron chi connectivity index (χ3n) is 5.14. The van der Waals surface area contributed by atoms with Crippen molar-refractivity contribution in [1.29, 1.82) is 0 Å². The Morgan fingerprint density at radius 2 is 1.85 bits per heavy atom. The summed E-state index contributed by atoms with van der Waals surface area (Å²) in [6.07, 6.45) is 0.506. The van der Waals surface area contributed by atoms with Crippen LogP contribution >= 0.6 is 23.2 Å². The van der Waals surface area contributed by atoms with E-state index in [-0.39, 0.29) is 36.4 Å². The van der Waals surface area contributed by atoms with E-state index in [0.29, 0.717) is 36.8 Å². The number of carbonyl (C=O) groups is 2. The van der Waals surface area contributed by atoms with Gasteiger partial charge >= 0.3 is 0 Å². The fraction of sp³-hybridized carbons (Fsp3) is 0.556. The predicted octanol–water partition coefficient (Wildman–Crippen LogP) is 3.06. The van der Waals surface area contributed by atoms with Crippen molar-refractivity contribution in [3.8, 4) is 0 Å². The lowest BCUT2D eigenvalue weighted by molar-refractivity contribution is -0.129. The second kappa shape index (κ2) is 8.29. The highest BCUT2D eigenvalue weighted by molar-refractivity contribution is 6.42. The summed E-state index contributed by atoms with van der Waals surface area (Å²) < 4.78 is 26.6. The summed E-state index contributed by atoms with van der Waals surface area (Å²) in [5.74, 6) is -3.16. The van der Waals surface area contributed by atoms with Crippen molar-refractivity contribution in [2.24, 2.45) is 0 Å². The van der Waals surface area contributed by atoms with Gasteiger partial charge in [0.15, 0.2) is 0 Å². The second-order valence-electron chi connectivity index (χ2n) is 6.99. The van der Waals surface area contributed by atoms with E-state index >= 15 is 0 Å². The van der Waals surface area contributed by atoms with Crippen LogP contribution in [0.1, 0.15) is 29.6 Å². The van der Waals surface area contributed by atoms with E-state index < -0.39 is 11.8 Å². The van der Waals surface area contributed by atoms with Gasteiger partial charge in [0.1, 0.15) is 0 Å². The Kier molecular flexibility index (Phi) is 6.23. The maximum atomic E-state index is 13.3. The Bertz CT molecular complexity index is 723. The average Bonchev–Trinajstić information content (AvgIpc) is 3.11. The summed E-state index contributed by atoms with van der Waals surface area (Å²) in [6, 6.07) is 4.61. The maximum absolute atomic E-state index is 13.3. The number of carbonyl (C=O) groups excluding carboxylic acids is 2. The van der Waals surface area contributed by atoms with Crippen molar-refractivity contribution in [3.63, 3.8) is 0 Å². The molecule has 2 heterocycles. The molecule has 1 aromatic carbocycles. The normalized spacial score (nSPS) is 22.7. The molecule has 1 atom stereocenters. The molecule has 0 radical (unpaired) electrons. The number of halogens is 4. The number of nitrogens with one attached hydrogen (secondary N) is 1. The number of amides is 2. The highest BCUT2D eigenvalue weighted by atomic mass is 35.5. The van der Waals surface area contributed by atoms with Gasteiger partial charge in [0.25, 0.3) is 11.8 Å². The van der Waals surface area contributed by atoms with Crippen molar-refractivity contribution in [2.45, 2.75) is 31.2 Å². The van der Waals surface area contributed by atoms with Crippen LogP contribution in [0.15, 0.2) is 18.2 Å². The molecule has 148 valence electrons. The molecule has 0 aliphatic carbocycles. The number of nitrogens with zero attached hydrogens (tertiary/aromatic N) is 2. The zero-order valence-electron chi connectivity index (χ0n) is 14.7. The summed E-state index contributed by atoms with van der Waals surface area (Å²) in [5.41, 5.74) is 0.325. The van der Waals surface area contributed by atoms with Crippen LogP contribution < -0.4 is 5.32 Å². The van der Waals surface area contributed by atoms with Crippen molar-refractivity contribution >= 4 is 35.0 Å². The molecule has 3 rings (SSSR count). The number of piperidine rings is 1. The molecular formula is C18H21Cl2F2N3O2. The number of rotatable bonds is 4. The van der Waals surface area contributed by atoms with E-state index in [9.17, 15) is 18.4 Å². The minimum absolute atomic E-state index is 0.107. The van der Waals surface area contributed by atoms with Gasteiger partial charge in [-0.15, -0.1) is 0 Å². The fourth-order valence-corrected chi connectivity index (χ4v) is 3.79. The monoisotopic (exact) mass is 419 g/mol. The van der Waals surface area contributed by atoms with Crippen LogP contribution in [0.2, 0.25) is 10.0 Å². The molecule has 1 aromatic rings. The van der Waals surface area contributed by atoms with Crippen molar-refractivity contribution in [1.82, 2.24) is 15.1 Å². The molecule has 2 fully saturated rings. The van der Waals surface area contributed by atoms with E-state index in [1.165, 1.54) is 18.2 Å². The quantitative estimate of drug-likeness (QED) is 0.815. The predicted molar refractivity (Wildman–Crippen MR) is 99.5 cm³/mol. The first kappa shape index (κ1) is 20.3. The molecule has 5 nitrogen and oxygen atoms in total. The van der Waals surface area contributed by atoms with Gasteiger partial charge in [0.2, 0.25) is 5.91 Å². The van der Waals surface area contributed by atoms with E-state index in [0.717, 1.165) is 6.42 Å². The maximum Gasteiger partial charge on any atom is 0.251 e. The minimum atomic E-state index is -2.57. The molecule has 0 bridgehead atoms. The lowest BCUT2D eigenvalue weighted by Gasteiger charge is -2.35. The Balaban J connectivity index is 1.46. The third-order valence-corrected chi connectivity index (χ3v) is 5.88. The molecule has 1 unspecified atom stereocenters. The fourth-order valence-electron chi connectivity index (χ4n) is 3.49. The third kappa shape index (κ3) is 5.09. The first-order chi connectivity index (χ1) is 12.7. The van der Waals surface area contributed by atoms with Gasteiger partial charge in [0, 0.05) is 50.6 Å². The van der Waals surface area contributed by atoms with Gasteiger partial charge in [0.05, 0.1) is 16.6 Å². The van der Waals surface area contributed by atoms with E-state index in [1.807, 2.05) is 4.90 Å². The molecular weight excluding hydrogens is 399 g/mol. The van der Waals surface area contributed by atoms with Gasteiger partial charge < -0.3 is 10.2 Å². The first-order valence-corrected chi connectivity index (χ1v) is 9.64. The number of hydrogen-bond donors (Lipinski definition) is 1. The Labute approximate surface area is 166 Å². The summed E-state index contributed by atoms with van der Waals surface area (Å²) >= 11 is 11.7. The van der Waals surface area contributed by atoms with Gasteiger partial charge in [-0.1, -0.05) is 23.2 Å². The summed E-state index contributed by atoms with van der Waals surface area (Å²) in [4.78, 5) is 28.2. The highest BCUT2D eigenvalue weighted by Crippen LogP contribution is 2.30. The average molecular weight is 420 g/mol. The summed E-state index contributed by atoms with van der Waals surface area (Å²) in [6.45, 7) is 1.66. The smallest absolute Gasteiger partial charge is 0.251 e. The molecule has 0 spiro atoms. The van der Waals surface area contributed by atoms with E-state index in [4.69, 9.17) is 23.2 Å². The van der Waals surface area contributed by atoms with Crippen LogP contribution in [0.3, 0.4) is 0 Å². The van der Waals surface area contributed by atoms with Gasteiger partial charge in [-0.25, -0.2) is 8.78 Å². The van der Waals surface area contributed by atoms with Gasteiger partial charge in [-0.05, 0) is 24.6 Å². The highest BCUT2D eigenvalue weighted by Gasteiger charge is 2.38. The molecule has 27 heavy (non-hydrogen) atoms. The molecule has 9 heteroatoms. The number of hydrogen-bond acceptors (Lipinski definition) is 3. The molecule has 0 aromatic heterocycles. The second-order valence-corrected chi connectivity index (χ2v) is 7.80. The van der Waals surface area contributed by atoms with Gasteiger partial charge in [-0.2, -0.15) is 0 Å². The van der Waals surface area contributed by atoms with Gasteiger partial charge in [-0.3, -0.25) is 14.5 Å². The topological polar surface area (TPSA) is 52.7 Å². The van der Waals surface area contributed by atoms with E-state index in [2.05, 4.69) is 5.32 Å². The molecule has 0 saturated carbocycles. The van der Waals surface area contributed by atoms with E-state index in [1.54, 1.807) is 4.90 Å². The van der Waals surface area contributed by atoms with Crippen LogP contribution in [0, 0.1) is 0 Å². The molecule has 2 saturated heterocycles. The number of likely N-dealkylation sites (tertiary alicyclic amines) is 2. The van der Waals surface area contributed by atoms with Crippen molar-refractivity contribution in [3.05, 3.63) is 33.8 Å². The van der Waals surface area contributed by atoms with Crippen molar-refractivity contribution in [2.75, 3.05) is 32.7 Å². The van der Waals surface area contributed by atoms with Crippen LogP contribution in [0.4, 0.5) is 8.78 Å². The van der Waals surface area contributed by atoms with Crippen LogP contribution in [-0.4, -0.2) is 66.3 Å². The lowest BCUT2D eigenvalue weighted by atomic mass is 10.0. The van der Waals surface area contributed by atoms with Crippen LogP contribution in [-0.2, 0) is 4.79 Å². The molecule has 2 amide bonds. The molecule has 2 aliphatic rings. The van der Waals surface area contributed by atoms with Crippen molar-refractivity contribution < 1.29 is 18.4 Å². The standard InChI is InChI=1S/C18H21Cl2F2N3O2/c19-14-2-1-12(9-15(14)20)17(27)23-10-16(26)25-6-3-13(11-25)24-7-4-18(21,22)5-8-24/h1-2,9,13H,3-8,10-11H2,(H,23,27). The SMILES string of the molecule is O=C(NCC(=O)N1CCC(N2CCC(F)(F)CC2)C1)c1ccc(Cl)c(Cl)c1. The molecule has 1 N–H and O–H groups in total. The number of alkyl halides is 2.